The number of thiazole rings is 1. The van der Waals surface area contributed by atoms with Crippen LogP contribution in [-0.2, 0) is 6.42 Å². The molecule has 1 heterocycles. The maximum atomic E-state index is 12.7. The highest BCUT2D eigenvalue weighted by molar-refractivity contribution is 7.15. The Morgan fingerprint density at radius 1 is 1.29 bits per heavy atom. The van der Waals surface area contributed by atoms with Gasteiger partial charge in [0.2, 0.25) is 0 Å². The van der Waals surface area contributed by atoms with Crippen molar-refractivity contribution in [2.45, 2.75) is 13.3 Å². The highest BCUT2D eigenvalue weighted by Gasteiger charge is 2.03. The zero-order valence-corrected chi connectivity index (χ0v) is 8.64. The SMILES string of the molecule is CCc1cnc(-c2ccc(F)cc2)s1. The lowest BCUT2D eigenvalue weighted by molar-refractivity contribution is 0.628. The molecule has 0 fully saturated rings. The molecule has 1 nitrogen and oxygen atoms in total. The van der Waals surface area contributed by atoms with Crippen LogP contribution in [0.5, 0.6) is 0 Å². The summed E-state index contributed by atoms with van der Waals surface area (Å²) in [6.07, 6.45) is 2.88. The van der Waals surface area contributed by atoms with E-state index in [0.29, 0.717) is 0 Å². The highest BCUT2D eigenvalue weighted by atomic mass is 32.1. The summed E-state index contributed by atoms with van der Waals surface area (Å²) >= 11 is 1.66. The first-order chi connectivity index (χ1) is 6.79. The number of aryl methyl sites for hydroxylation is 1. The number of nitrogens with zero attached hydrogens (tertiary/aromatic N) is 1. The van der Waals surface area contributed by atoms with Crippen LogP contribution in [0.3, 0.4) is 0 Å². The van der Waals surface area contributed by atoms with E-state index in [1.807, 2.05) is 6.20 Å². The van der Waals surface area contributed by atoms with Crippen LogP contribution in [0.15, 0.2) is 30.5 Å². The topological polar surface area (TPSA) is 12.9 Å². The van der Waals surface area contributed by atoms with Crippen molar-refractivity contribution in [2.75, 3.05) is 0 Å². The van der Waals surface area contributed by atoms with Crippen molar-refractivity contribution < 1.29 is 4.39 Å². The van der Waals surface area contributed by atoms with Crippen molar-refractivity contribution in [3.63, 3.8) is 0 Å². The smallest absolute Gasteiger partial charge is 0.123 e. The average Bonchev–Trinajstić information content (AvgIpc) is 2.67. The molecule has 3 heteroatoms. The summed E-state index contributed by atoms with van der Waals surface area (Å²) in [5.74, 6) is -0.207. The lowest BCUT2D eigenvalue weighted by atomic mass is 10.2. The van der Waals surface area contributed by atoms with Crippen molar-refractivity contribution in [3.8, 4) is 10.6 Å². The molecule has 0 aliphatic heterocycles. The number of halogens is 1. The number of hydrogen-bond donors (Lipinski definition) is 0. The zero-order valence-electron chi connectivity index (χ0n) is 7.83. The van der Waals surface area contributed by atoms with E-state index in [2.05, 4.69) is 11.9 Å². The fraction of sp³-hybridized carbons (Fsp3) is 0.182. The molecule has 0 aliphatic rings. The molecule has 2 rings (SSSR count). The molecule has 0 saturated heterocycles. The second-order valence-electron chi connectivity index (χ2n) is 2.99. The third kappa shape index (κ3) is 1.82. The van der Waals surface area contributed by atoms with Gasteiger partial charge in [-0.05, 0) is 30.7 Å². The fourth-order valence-corrected chi connectivity index (χ4v) is 2.05. The first kappa shape index (κ1) is 9.34. The quantitative estimate of drug-likeness (QED) is 0.734. The number of hydrogen-bond acceptors (Lipinski definition) is 2. The molecule has 1 aromatic carbocycles. The van der Waals surface area contributed by atoms with Crippen molar-refractivity contribution in [1.82, 2.24) is 4.98 Å². The minimum absolute atomic E-state index is 0.207. The Bertz CT molecular complexity index is 419. The summed E-state index contributed by atoms with van der Waals surface area (Å²) in [6, 6.07) is 6.44. The van der Waals surface area contributed by atoms with E-state index in [-0.39, 0.29) is 5.82 Å². The lowest BCUT2D eigenvalue weighted by Crippen LogP contribution is -1.76. The molecule has 0 unspecified atom stereocenters. The summed E-state index contributed by atoms with van der Waals surface area (Å²) in [5.41, 5.74) is 0.983. The molecule has 0 N–H and O–H groups in total. The summed E-state index contributed by atoms with van der Waals surface area (Å²) in [5, 5.41) is 0.960. The van der Waals surface area contributed by atoms with Crippen molar-refractivity contribution in [2.24, 2.45) is 0 Å². The van der Waals surface area contributed by atoms with E-state index >= 15 is 0 Å². The van der Waals surface area contributed by atoms with Crippen molar-refractivity contribution in [1.29, 1.82) is 0 Å². The predicted octanol–water partition coefficient (Wildman–Crippen LogP) is 3.51. The lowest BCUT2D eigenvalue weighted by Gasteiger charge is -1.94. The maximum absolute atomic E-state index is 12.7. The molecule has 72 valence electrons. The number of benzene rings is 1. The molecule has 2 aromatic rings. The van der Waals surface area contributed by atoms with Crippen LogP contribution in [0, 0.1) is 5.82 Å². The summed E-state index contributed by atoms with van der Waals surface area (Å²) in [4.78, 5) is 5.54. The van der Waals surface area contributed by atoms with Gasteiger partial charge in [0.15, 0.2) is 0 Å². The van der Waals surface area contributed by atoms with Gasteiger partial charge >= 0.3 is 0 Å². The summed E-state index contributed by atoms with van der Waals surface area (Å²) in [7, 11) is 0. The molecule has 0 saturated carbocycles. The summed E-state index contributed by atoms with van der Waals surface area (Å²) in [6.45, 7) is 2.10. The Morgan fingerprint density at radius 3 is 2.57 bits per heavy atom. The molecule has 1 aromatic heterocycles. The van der Waals surface area contributed by atoms with Crippen molar-refractivity contribution in [3.05, 3.63) is 41.2 Å². The van der Waals surface area contributed by atoms with Crippen molar-refractivity contribution >= 4 is 11.3 Å². The van der Waals surface area contributed by atoms with Crippen LogP contribution >= 0.6 is 11.3 Å². The molecular formula is C11H10FNS. The van der Waals surface area contributed by atoms with Crippen LogP contribution in [0.2, 0.25) is 0 Å². The molecule has 0 bridgehead atoms. The fourth-order valence-electron chi connectivity index (χ4n) is 1.20. The third-order valence-electron chi connectivity index (χ3n) is 1.99. The van der Waals surface area contributed by atoms with Gasteiger partial charge in [0.1, 0.15) is 10.8 Å². The first-order valence-electron chi connectivity index (χ1n) is 4.50. The van der Waals surface area contributed by atoms with E-state index in [0.717, 1.165) is 17.0 Å². The van der Waals surface area contributed by atoms with Gasteiger partial charge < -0.3 is 0 Å². The van der Waals surface area contributed by atoms with Crippen LogP contribution in [0.1, 0.15) is 11.8 Å². The van der Waals surface area contributed by atoms with Crippen LogP contribution in [0.4, 0.5) is 4.39 Å². The first-order valence-corrected chi connectivity index (χ1v) is 5.32. The molecular weight excluding hydrogens is 197 g/mol. The van der Waals surface area contributed by atoms with Gasteiger partial charge in [-0.2, -0.15) is 0 Å². The predicted molar refractivity (Wildman–Crippen MR) is 56.9 cm³/mol. The minimum Gasteiger partial charge on any atom is -0.244 e. The highest BCUT2D eigenvalue weighted by Crippen LogP contribution is 2.25. The monoisotopic (exact) mass is 207 g/mol. The standard InChI is InChI=1S/C11H10FNS/c1-2-10-7-13-11(14-10)8-3-5-9(12)6-4-8/h3-7H,2H2,1H3. The normalized spacial score (nSPS) is 10.4. The van der Waals surface area contributed by atoms with E-state index in [1.54, 1.807) is 23.5 Å². The van der Waals surface area contributed by atoms with E-state index in [1.165, 1.54) is 17.0 Å². The van der Waals surface area contributed by atoms with Gasteiger partial charge in [-0.3, -0.25) is 0 Å². The van der Waals surface area contributed by atoms with Crippen LogP contribution < -0.4 is 0 Å². The number of aromatic nitrogens is 1. The van der Waals surface area contributed by atoms with Gasteiger partial charge in [-0.25, -0.2) is 9.37 Å². The molecule has 0 atom stereocenters. The van der Waals surface area contributed by atoms with Crippen LogP contribution in [0.25, 0.3) is 10.6 Å². The van der Waals surface area contributed by atoms with Gasteiger partial charge in [0.05, 0.1) is 0 Å². The maximum Gasteiger partial charge on any atom is 0.123 e. The van der Waals surface area contributed by atoms with Gasteiger partial charge in [0.25, 0.3) is 0 Å². The Labute approximate surface area is 86.2 Å². The van der Waals surface area contributed by atoms with Gasteiger partial charge in [0, 0.05) is 16.6 Å². The van der Waals surface area contributed by atoms with Gasteiger partial charge in [-0.15, -0.1) is 11.3 Å². The Hall–Kier alpha value is -1.22. The van der Waals surface area contributed by atoms with Gasteiger partial charge in [-0.1, -0.05) is 6.92 Å². The molecule has 0 aliphatic carbocycles. The largest absolute Gasteiger partial charge is 0.244 e. The van der Waals surface area contributed by atoms with E-state index in [4.69, 9.17) is 0 Å². The number of rotatable bonds is 2. The van der Waals surface area contributed by atoms with E-state index < -0.39 is 0 Å². The zero-order chi connectivity index (χ0) is 9.97. The molecule has 14 heavy (non-hydrogen) atoms. The van der Waals surface area contributed by atoms with E-state index in [9.17, 15) is 4.39 Å². The van der Waals surface area contributed by atoms with Crippen LogP contribution in [-0.4, -0.2) is 4.98 Å². The third-order valence-corrected chi connectivity index (χ3v) is 3.18. The summed E-state index contributed by atoms with van der Waals surface area (Å²) < 4.78 is 12.7. The second-order valence-corrected chi connectivity index (χ2v) is 4.11. The molecule has 0 radical (unpaired) electrons. The molecule has 0 spiro atoms. The minimum atomic E-state index is -0.207. The molecule has 0 amide bonds. The Morgan fingerprint density at radius 2 is 2.00 bits per heavy atom. The Balaban J connectivity index is 2.34. The average molecular weight is 207 g/mol. The second kappa shape index (κ2) is 3.88. The Kier molecular flexibility index (Phi) is 2.59.